The van der Waals surface area contributed by atoms with Crippen LogP contribution < -0.4 is 10.8 Å². The zero-order chi connectivity index (χ0) is 13.8. The number of aromatic hydroxyl groups is 1. The number of carbonyl (C=O) groups excluding carboxylic acids is 1. The topological polar surface area (TPSA) is 90.8 Å². The summed E-state index contributed by atoms with van der Waals surface area (Å²) in [4.78, 5) is 11.5. The molecule has 0 aromatic heterocycles. The van der Waals surface area contributed by atoms with Crippen molar-refractivity contribution >= 4 is 11.8 Å². The number of benzene rings is 1. The van der Waals surface area contributed by atoms with Gasteiger partial charge in [0.05, 0.1) is 0 Å². The van der Waals surface area contributed by atoms with Gasteiger partial charge in [-0.3, -0.25) is 5.32 Å². The Balaban J connectivity index is 2.69. The summed E-state index contributed by atoms with van der Waals surface area (Å²) in [7, 11) is 0. The molecule has 1 aromatic carbocycles. The van der Waals surface area contributed by atoms with Crippen LogP contribution in [-0.4, -0.2) is 22.0 Å². The third kappa shape index (κ3) is 4.60. The van der Waals surface area contributed by atoms with Crippen LogP contribution in [0.3, 0.4) is 0 Å². The summed E-state index contributed by atoms with van der Waals surface area (Å²) in [6.45, 7) is 5.42. The van der Waals surface area contributed by atoms with Gasteiger partial charge in [0, 0.05) is 23.9 Å². The predicted molar refractivity (Wildman–Crippen MR) is 66.6 cm³/mol. The van der Waals surface area contributed by atoms with Crippen molar-refractivity contribution in [1.82, 2.24) is 5.48 Å². The Morgan fingerprint density at radius 3 is 2.56 bits per heavy atom. The monoisotopic (exact) mass is 254 g/mol. The molecule has 1 aromatic rings. The highest BCUT2D eigenvalue weighted by Crippen LogP contribution is 2.22. The lowest BCUT2D eigenvalue weighted by Crippen LogP contribution is -2.27. The largest absolute Gasteiger partial charge is 0.508 e. The molecule has 18 heavy (non-hydrogen) atoms. The first-order chi connectivity index (χ1) is 8.31. The lowest BCUT2D eigenvalue weighted by molar-refractivity contribution is 0.0636. The number of anilines is 1. The van der Waals surface area contributed by atoms with E-state index in [1.165, 1.54) is 6.07 Å². The van der Waals surface area contributed by atoms with E-state index in [0.717, 1.165) is 0 Å². The van der Waals surface area contributed by atoms with Gasteiger partial charge in [-0.2, -0.15) is 0 Å². The maximum Gasteiger partial charge on any atom is 0.412 e. The number of carbonyl (C=O) groups is 1. The van der Waals surface area contributed by atoms with Gasteiger partial charge >= 0.3 is 6.09 Å². The minimum absolute atomic E-state index is 0.0230. The molecule has 1 rings (SSSR count). The second-order valence-corrected chi connectivity index (χ2v) is 4.81. The summed E-state index contributed by atoms with van der Waals surface area (Å²) in [5, 5.41) is 20.7. The molecule has 0 saturated carbocycles. The van der Waals surface area contributed by atoms with E-state index in [9.17, 15) is 9.90 Å². The summed E-state index contributed by atoms with van der Waals surface area (Å²) < 4.78 is 5.08. The first kappa shape index (κ1) is 14.3. The van der Waals surface area contributed by atoms with Gasteiger partial charge in [-0.05, 0) is 26.8 Å². The molecule has 1 amide bonds. The Labute approximate surface area is 106 Å². The highest BCUT2D eigenvalue weighted by molar-refractivity contribution is 5.85. The number of phenolic OH excluding ortho intramolecular Hbond substituents is 1. The molecule has 4 N–H and O–H groups in total. The van der Waals surface area contributed by atoms with Crippen molar-refractivity contribution in [3.05, 3.63) is 23.8 Å². The first-order valence-corrected chi connectivity index (χ1v) is 5.50. The molecule has 0 saturated heterocycles. The number of amides is 1. The zero-order valence-electron chi connectivity index (χ0n) is 10.7. The number of phenols is 1. The highest BCUT2D eigenvalue weighted by atomic mass is 16.6. The van der Waals surface area contributed by atoms with E-state index in [2.05, 4.69) is 5.32 Å². The molecule has 0 bridgehead atoms. The molecule has 0 heterocycles. The normalized spacial score (nSPS) is 11.1. The molecule has 6 heteroatoms. The third-order valence-corrected chi connectivity index (χ3v) is 2.00. The first-order valence-electron chi connectivity index (χ1n) is 5.50. The van der Waals surface area contributed by atoms with Gasteiger partial charge < -0.3 is 15.1 Å². The highest BCUT2D eigenvalue weighted by Gasteiger charge is 2.16. The molecule has 0 unspecified atom stereocenters. The van der Waals surface area contributed by atoms with Crippen LogP contribution in [-0.2, 0) is 11.3 Å². The molecule has 100 valence electrons. The van der Waals surface area contributed by atoms with Crippen molar-refractivity contribution in [3.63, 3.8) is 0 Å². The van der Waals surface area contributed by atoms with Crippen molar-refractivity contribution in [1.29, 1.82) is 0 Å². The van der Waals surface area contributed by atoms with Gasteiger partial charge in [0.25, 0.3) is 0 Å². The van der Waals surface area contributed by atoms with Crippen LogP contribution in [0.2, 0.25) is 0 Å². The summed E-state index contributed by atoms with van der Waals surface area (Å²) in [6, 6.07) is 4.58. The van der Waals surface area contributed by atoms with Crippen LogP contribution in [0, 0.1) is 0 Å². The SMILES string of the molecule is CC(C)(C)OC(=O)Nc1ccc(CNO)c(O)c1. The second-order valence-electron chi connectivity index (χ2n) is 4.81. The van der Waals surface area contributed by atoms with Gasteiger partial charge in [-0.1, -0.05) is 6.07 Å². The Hall–Kier alpha value is -1.79. The third-order valence-electron chi connectivity index (χ3n) is 2.00. The minimum atomic E-state index is -0.588. The fourth-order valence-electron chi connectivity index (χ4n) is 1.30. The summed E-state index contributed by atoms with van der Waals surface area (Å²) >= 11 is 0. The van der Waals surface area contributed by atoms with Gasteiger partial charge in [0.2, 0.25) is 0 Å². The van der Waals surface area contributed by atoms with E-state index >= 15 is 0 Å². The van der Waals surface area contributed by atoms with E-state index in [-0.39, 0.29) is 12.3 Å². The van der Waals surface area contributed by atoms with E-state index in [1.54, 1.807) is 32.9 Å². The van der Waals surface area contributed by atoms with Crippen molar-refractivity contribution in [2.75, 3.05) is 5.32 Å². The molecule has 0 aliphatic rings. The zero-order valence-corrected chi connectivity index (χ0v) is 10.7. The summed E-state index contributed by atoms with van der Waals surface area (Å²) in [5.41, 5.74) is 2.31. The number of rotatable bonds is 3. The Kier molecular flexibility index (Phi) is 4.52. The van der Waals surface area contributed by atoms with Crippen molar-refractivity contribution in [2.24, 2.45) is 0 Å². The number of nitrogens with one attached hydrogen (secondary N) is 2. The lowest BCUT2D eigenvalue weighted by Gasteiger charge is -2.19. The summed E-state index contributed by atoms with van der Waals surface area (Å²) in [5.74, 6) is -0.0230. The molecule has 0 aliphatic carbocycles. The molecule has 0 fully saturated rings. The molecule has 0 spiro atoms. The average molecular weight is 254 g/mol. The predicted octanol–water partition coefficient (Wildman–Crippen LogP) is 2.22. The fraction of sp³-hybridized carbons (Fsp3) is 0.417. The van der Waals surface area contributed by atoms with Gasteiger partial charge in [0.1, 0.15) is 11.4 Å². The quantitative estimate of drug-likeness (QED) is 0.621. The maximum absolute atomic E-state index is 11.5. The lowest BCUT2D eigenvalue weighted by atomic mass is 10.2. The molecular formula is C12H18N2O4. The standard InChI is InChI=1S/C12H18N2O4/c1-12(2,3)18-11(16)14-9-5-4-8(7-13-17)10(15)6-9/h4-6,13,15,17H,7H2,1-3H3,(H,14,16). The van der Waals surface area contributed by atoms with Gasteiger partial charge in [0.15, 0.2) is 0 Å². The van der Waals surface area contributed by atoms with Crippen molar-refractivity contribution < 1.29 is 19.8 Å². The molecule has 6 nitrogen and oxygen atoms in total. The average Bonchev–Trinajstić information content (AvgIpc) is 2.19. The molecule has 0 radical (unpaired) electrons. The van der Waals surface area contributed by atoms with Crippen molar-refractivity contribution in [3.8, 4) is 5.75 Å². The van der Waals surface area contributed by atoms with Crippen LogP contribution in [0.1, 0.15) is 26.3 Å². The van der Waals surface area contributed by atoms with Gasteiger partial charge in [-0.25, -0.2) is 10.3 Å². The Morgan fingerprint density at radius 2 is 2.06 bits per heavy atom. The molecule has 0 aliphatic heterocycles. The smallest absolute Gasteiger partial charge is 0.412 e. The minimum Gasteiger partial charge on any atom is -0.508 e. The van der Waals surface area contributed by atoms with Gasteiger partial charge in [-0.15, -0.1) is 0 Å². The summed E-state index contributed by atoms with van der Waals surface area (Å²) in [6.07, 6.45) is -0.588. The Bertz CT molecular complexity index is 427. The van der Waals surface area contributed by atoms with Crippen LogP contribution >= 0.6 is 0 Å². The fourth-order valence-corrected chi connectivity index (χ4v) is 1.30. The van der Waals surface area contributed by atoms with E-state index in [1.807, 2.05) is 5.48 Å². The van der Waals surface area contributed by atoms with Crippen LogP contribution in [0.15, 0.2) is 18.2 Å². The van der Waals surface area contributed by atoms with E-state index in [4.69, 9.17) is 9.94 Å². The van der Waals surface area contributed by atoms with E-state index in [0.29, 0.717) is 11.3 Å². The number of hydrogen-bond donors (Lipinski definition) is 4. The van der Waals surface area contributed by atoms with Crippen molar-refractivity contribution in [2.45, 2.75) is 32.9 Å². The second kappa shape index (κ2) is 5.70. The molecular weight excluding hydrogens is 236 g/mol. The van der Waals surface area contributed by atoms with Crippen LogP contribution in [0.4, 0.5) is 10.5 Å². The van der Waals surface area contributed by atoms with Crippen LogP contribution in [0.25, 0.3) is 0 Å². The molecule has 0 atom stereocenters. The Morgan fingerprint density at radius 1 is 1.39 bits per heavy atom. The number of hydrogen-bond acceptors (Lipinski definition) is 5. The number of ether oxygens (including phenoxy) is 1. The van der Waals surface area contributed by atoms with Crippen LogP contribution in [0.5, 0.6) is 5.75 Å². The maximum atomic E-state index is 11.5. The number of hydroxylamine groups is 1. The van der Waals surface area contributed by atoms with E-state index < -0.39 is 11.7 Å².